The SMILES string of the molecule is CC(=O)c1ccccc1NC(=O)COC(=O)C[C@@H]1c2ccccc2C=CN1C(C)=O. The normalized spacial score (nSPS) is 14.6. The number of rotatable bonds is 6. The minimum Gasteiger partial charge on any atom is -0.455 e. The number of ether oxygens (including phenoxy) is 1. The number of carbonyl (C=O) groups is 4. The summed E-state index contributed by atoms with van der Waals surface area (Å²) in [7, 11) is 0. The number of hydrogen-bond acceptors (Lipinski definition) is 5. The number of benzene rings is 2. The van der Waals surface area contributed by atoms with Crippen LogP contribution in [0.1, 0.15) is 47.8 Å². The zero-order valence-electron chi connectivity index (χ0n) is 16.8. The van der Waals surface area contributed by atoms with Gasteiger partial charge in [0.2, 0.25) is 5.91 Å². The van der Waals surface area contributed by atoms with Gasteiger partial charge in [0.25, 0.3) is 5.91 Å². The Labute approximate surface area is 174 Å². The summed E-state index contributed by atoms with van der Waals surface area (Å²) in [5, 5.41) is 2.58. The highest BCUT2D eigenvalue weighted by Gasteiger charge is 2.29. The second-order valence-electron chi connectivity index (χ2n) is 6.90. The molecule has 0 unspecified atom stereocenters. The maximum atomic E-state index is 12.4. The molecule has 1 atom stereocenters. The van der Waals surface area contributed by atoms with Crippen molar-refractivity contribution in [3.05, 3.63) is 71.4 Å². The molecular weight excluding hydrogens is 384 g/mol. The Kier molecular flexibility index (Phi) is 6.41. The van der Waals surface area contributed by atoms with Crippen LogP contribution < -0.4 is 5.32 Å². The number of fused-ring (bicyclic) bond motifs is 1. The largest absolute Gasteiger partial charge is 0.455 e. The third-order valence-corrected chi connectivity index (χ3v) is 4.77. The Morgan fingerprint density at radius 2 is 1.70 bits per heavy atom. The zero-order chi connectivity index (χ0) is 21.7. The second-order valence-corrected chi connectivity index (χ2v) is 6.90. The number of esters is 1. The second kappa shape index (κ2) is 9.17. The molecule has 2 amide bonds. The Balaban J connectivity index is 1.63. The lowest BCUT2D eigenvalue weighted by Crippen LogP contribution is -2.33. The quantitative estimate of drug-likeness (QED) is 0.587. The molecule has 0 fully saturated rings. The van der Waals surface area contributed by atoms with E-state index in [-0.39, 0.29) is 18.1 Å². The number of nitrogens with one attached hydrogen (secondary N) is 1. The maximum absolute atomic E-state index is 12.4. The van der Waals surface area contributed by atoms with Gasteiger partial charge < -0.3 is 15.0 Å². The molecule has 2 aromatic carbocycles. The van der Waals surface area contributed by atoms with E-state index in [4.69, 9.17) is 4.74 Å². The fourth-order valence-corrected chi connectivity index (χ4v) is 3.36. The summed E-state index contributed by atoms with van der Waals surface area (Å²) in [6.07, 6.45) is 3.38. The molecule has 0 bridgehead atoms. The number of nitrogens with zero attached hydrogens (tertiary/aromatic N) is 1. The third-order valence-electron chi connectivity index (χ3n) is 4.77. The lowest BCUT2D eigenvalue weighted by Gasteiger charge is -2.32. The Morgan fingerprint density at radius 3 is 2.43 bits per heavy atom. The summed E-state index contributed by atoms with van der Waals surface area (Å²) >= 11 is 0. The van der Waals surface area contributed by atoms with Crippen LogP contribution >= 0.6 is 0 Å². The predicted molar refractivity (Wildman–Crippen MR) is 111 cm³/mol. The van der Waals surface area contributed by atoms with E-state index in [1.165, 1.54) is 18.7 Å². The monoisotopic (exact) mass is 406 g/mol. The van der Waals surface area contributed by atoms with Crippen molar-refractivity contribution in [1.82, 2.24) is 4.90 Å². The first-order valence-electron chi connectivity index (χ1n) is 9.48. The average molecular weight is 406 g/mol. The molecule has 30 heavy (non-hydrogen) atoms. The molecule has 0 saturated carbocycles. The molecule has 0 spiro atoms. The Morgan fingerprint density at radius 1 is 1.00 bits per heavy atom. The number of hydrogen-bond donors (Lipinski definition) is 1. The van der Waals surface area contributed by atoms with E-state index < -0.39 is 24.5 Å². The van der Waals surface area contributed by atoms with Crippen molar-refractivity contribution >= 4 is 35.3 Å². The van der Waals surface area contributed by atoms with Crippen molar-refractivity contribution in [3.63, 3.8) is 0 Å². The smallest absolute Gasteiger partial charge is 0.308 e. The van der Waals surface area contributed by atoms with Crippen molar-refractivity contribution in [2.75, 3.05) is 11.9 Å². The van der Waals surface area contributed by atoms with Gasteiger partial charge in [-0.3, -0.25) is 19.2 Å². The van der Waals surface area contributed by atoms with E-state index in [1.54, 1.807) is 30.5 Å². The topological polar surface area (TPSA) is 92.8 Å². The number of anilines is 1. The molecule has 7 nitrogen and oxygen atoms in total. The molecule has 3 rings (SSSR count). The van der Waals surface area contributed by atoms with Gasteiger partial charge in [-0.2, -0.15) is 0 Å². The molecule has 0 radical (unpaired) electrons. The molecular formula is C23H22N2O5. The Bertz CT molecular complexity index is 1030. The summed E-state index contributed by atoms with van der Waals surface area (Å²) in [6, 6.07) is 13.6. The van der Waals surface area contributed by atoms with E-state index in [0.29, 0.717) is 11.3 Å². The van der Waals surface area contributed by atoms with Crippen molar-refractivity contribution < 1.29 is 23.9 Å². The summed E-state index contributed by atoms with van der Waals surface area (Å²) in [6.45, 7) is 2.34. The van der Waals surface area contributed by atoms with Gasteiger partial charge in [-0.25, -0.2) is 0 Å². The first-order valence-corrected chi connectivity index (χ1v) is 9.48. The molecule has 1 heterocycles. The molecule has 1 N–H and O–H groups in total. The summed E-state index contributed by atoms with van der Waals surface area (Å²) in [5.41, 5.74) is 2.50. The molecule has 154 valence electrons. The number of carbonyl (C=O) groups excluding carboxylic acids is 4. The predicted octanol–water partition coefficient (Wildman–Crippen LogP) is 3.34. The van der Waals surface area contributed by atoms with E-state index in [1.807, 2.05) is 30.3 Å². The highest BCUT2D eigenvalue weighted by molar-refractivity contribution is 6.04. The maximum Gasteiger partial charge on any atom is 0.308 e. The lowest BCUT2D eigenvalue weighted by molar-refractivity contribution is -0.149. The molecule has 2 aromatic rings. The molecule has 0 saturated heterocycles. The fraction of sp³-hybridized carbons (Fsp3) is 0.217. The third kappa shape index (κ3) is 4.81. The summed E-state index contributed by atoms with van der Waals surface area (Å²) < 4.78 is 5.12. The fourth-order valence-electron chi connectivity index (χ4n) is 3.36. The summed E-state index contributed by atoms with van der Waals surface area (Å²) in [5.74, 6) is -1.54. The molecule has 0 aliphatic carbocycles. The minimum atomic E-state index is -0.605. The van der Waals surface area contributed by atoms with E-state index in [2.05, 4.69) is 5.32 Å². The minimum absolute atomic E-state index is 0.0851. The molecule has 1 aliphatic rings. The van der Waals surface area contributed by atoms with Gasteiger partial charge in [0.05, 0.1) is 18.2 Å². The molecule has 1 aliphatic heterocycles. The number of ketones is 1. The molecule has 7 heteroatoms. The number of Topliss-reactive ketones (excluding diaryl/α,β-unsaturated/α-hetero) is 1. The van der Waals surface area contributed by atoms with Crippen molar-refractivity contribution in [2.45, 2.75) is 26.3 Å². The van der Waals surface area contributed by atoms with Crippen LogP contribution in [0.2, 0.25) is 0 Å². The van der Waals surface area contributed by atoms with Crippen LogP contribution in [0.3, 0.4) is 0 Å². The van der Waals surface area contributed by atoms with E-state index in [0.717, 1.165) is 11.1 Å². The Hall–Kier alpha value is -3.74. The number of amides is 2. The van der Waals surface area contributed by atoms with Crippen molar-refractivity contribution in [2.24, 2.45) is 0 Å². The van der Waals surface area contributed by atoms with E-state index >= 15 is 0 Å². The van der Waals surface area contributed by atoms with Gasteiger partial charge in [-0.1, -0.05) is 36.4 Å². The molecule has 0 aromatic heterocycles. The van der Waals surface area contributed by atoms with Gasteiger partial charge in [-0.15, -0.1) is 0 Å². The average Bonchev–Trinajstić information content (AvgIpc) is 2.72. The van der Waals surface area contributed by atoms with Crippen LogP contribution in [0.5, 0.6) is 0 Å². The highest BCUT2D eigenvalue weighted by Crippen LogP contribution is 2.33. The van der Waals surface area contributed by atoms with Gasteiger partial charge >= 0.3 is 5.97 Å². The van der Waals surface area contributed by atoms with Gasteiger partial charge in [-0.05, 0) is 36.3 Å². The van der Waals surface area contributed by atoms with Gasteiger partial charge in [0, 0.05) is 18.7 Å². The lowest BCUT2D eigenvalue weighted by atomic mass is 9.94. The van der Waals surface area contributed by atoms with E-state index in [9.17, 15) is 19.2 Å². The van der Waals surface area contributed by atoms with Crippen LogP contribution in [0.15, 0.2) is 54.7 Å². The van der Waals surface area contributed by atoms with Gasteiger partial charge in [0.1, 0.15) is 0 Å². The van der Waals surface area contributed by atoms with Crippen LogP contribution in [0.4, 0.5) is 5.69 Å². The zero-order valence-corrected chi connectivity index (χ0v) is 16.8. The van der Waals surface area contributed by atoms with Gasteiger partial charge in [0.15, 0.2) is 12.4 Å². The highest BCUT2D eigenvalue weighted by atomic mass is 16.5. The van der Waals surface area contributed by atoms with Crippen LogP contribution in [-0.2, 0) is 19.1 Å². The summed E-state index contributed by atoms with van der Waals surface area (Å²) in [4.78, 5) is 49.7. The first-order chi connectivity index (χ1) is 14.4. The number of para-hydroxylation sites is 1. The van der Waals surface area contributed by atoms with Crippen LogP contribution in [-0.4, -0.2) is 35.1 Å². The van der Waals surface area contributed by atoms with Crippen molar-refractivity contribution in [3.8, 4) is 0 Å². The van der Waals surface area contributed by atoms with Crippen molar-refractivity contribution in [1.29, 1.82) is 0 Å². The first kappa shape index (κ1) is 21.0. The van der Waals surface area contributed by atoms with Crippen LogP contribution in [0.25, 0.3) is 6.08 Å². The van der Waals surface area contributed by atoms with Crippen LogP contribution in [0, 0.1) is 0 Å². The standard InChI is InChI=1S/C23H22N2O5/c1-15(26)18-8-5-6-10-20(18)24-22(28)14-30-23(29)13-21-19-9-4-3-7-17(19)11-12-25(21)16(2)27/h3-12,21H,13-14H2,1-2H3,(H,24,28)/t21-/m1/s1.